The maximum atomic E-state index is 2.73. The van der Waals surface area contributed by atoms with Gasteiger partial charge in [-0.3, -0.25) is 0 Å². The predicted molar refractivity (Wildman–Crippen MR) is 143 cm³/mol. The zero-order chi connectivity index (χ0) is 23.9. The summed E-state index contributed by atoms with van der Waals surface area (Å²) in [6.45, 7) is 21.1. The van der Waals surface area contributed by atoms with Gasteiger partial charge in [-0.15, -0.1) is 0 Å². The topological polar surface area (TPSA) is 0 Å². The van der Waals surface area contributed by atoms with Crippen molar-refractivity contribution in [3.8, 4) is 0 Å². The fraction of sp³-hybridized carbons (Fsp3) is 0.467. The molecule has 0 nitrogen and oxygen atoms in total. The second kappa shape index (κ2) is 7.26. The first-order chi connectivity index (χ1) is 14.5. The fourth-order valence-electron chi connectivity index (χ4n) is 6.69. The Bertz CT molecular complexity index is 1140. The number of rotatable bonds is 2. The first-order valence-corrected chi connectivity index (χ1v) is 25.9. The summed E-state index contributed by atoms with van der Waals surface area (Å²) in [5, 5.41) is 0. The van der Waals surface area contributed by atoms with Crippen LogP contribution in [0.15, 0.2) is 47.5 Å². The average molecular weight is 522 g/mol. The molecule has 0 heterocycles. The van der Waals surface area contributed by atoms with Crippen LogP contribution in [0.5, 0.6) is 0 Å². The maximum absolute atomic E-state index is 3.33. The number of fused-ring (bicyclic) bond motifs is 2. The molecule has 2 heteroatoms. The van der Waals surface area contributed by atoms with Gasteiger partial charge in [-0.2, -0.15) is 0 Å². The molecule has 2 aliphatic rings. The van der Waals surface area contributed by atoms with E-state index in [1.54, 1.807) is 22.3 Å². The third-order valence-electron chi connectivity index (χ3n) is 8.10. The fourth-order valence-corrected chi connectivity index (χ4v) is 28.0. The number of hydrogen-bond donors (Lipinski definition) is 0. The molecule has 0 saturated heterocycles. The van der Waals surface area contributed by atoms with Gasteiger partial charge in [0.25, 0.3) is 0 Å². The molecule has 4 rings (SSSR count). The van der Waals surface area contributed by atoms with Crippen molar-refractivity contribution in [2.45, 2.75) is 82.7 Å². The summed E-state index contributed by atoms with van der Waals surface area (Å²) in [4.78, 5) is 0. The van der Waals surface area contributed by atoms with Gasteiger partial charge in [-0.25, -0.2) is 0 Å². The van der Waals surface area contributed by atoms with Crippen LogP contribution in [0.4, 0.5) is 0 Å². The molecule has 0 radical (unpaired) electrons. The van der Waals surface area contributed by atoms with E-state index in [-0.39, 0.29) is 10.8 Å². The minimum atomic E-state index is -3.33. The van der Waals surface area contributed by atoms with E-state index in [0.29, 0.717) is 7.25 Å². The van der Waals surface area contributed by atoms with Gasteiger partial charge in [0.05, 0.1) is 0 Å². The Kier molecular flexibility index (Phi) is 5.48. The van der Waals surface area contributed by atoms with Crippen LogP contribution in [0.2, 0.25) is 9.26 Å². The molecule has 32 heavy (non-hydrogen) atoms. The van der Waals surface area contributed by atoms with Gasteiger partial charge >= 0.3 is 200 Å². The Labute approximate surface area is 199 Å². The molecule has 2 aromatic carbocycles. The molecule has 0 spiro atoms. The van der Waals surface area contributed by atoms with E-state index < -0.39 is 17.4 Å². The van der Waals surface area contributed by atoms with Crippen molar-refractivity contribution < 1.29 is 17.4 Å². The van der Waals surface area contributed by atoms with Crippen molar-refractivity contribution in [3.05, 3.63) is 80.9 Å². The summed E-state index contributed by atoms with van der Waals surface area (Å²) in [7, 11) is 0. The molecule has 0 fully saturated rings. The molecule has 0 aromatic heterocycles. The summed E-state index contributed by atoms with van der Waals surface area (Å²) >= 11 is -3.33. The molecule has 0 saturated carbocycles. The van der Waals surface area contributed by atoms with Gasteiger partial charge in [0, 0.05) is 0 Å². The standard InChI is InChI=1S/2C14H17.2CH3.H2Si.Zr/c2*1-10-7-11-5-6-13(14(2,3)4)9-12(11)8-10;;;;/h2*5-9H,1-4H3;2*1H3;1H2;. The molecule has 0 bridgehead atoms. The van der Waals surface area contributed by atoms with Crippen molar-refractivity contribution in [3.63, 3.8) is 0 Å². The first kappa shape index (κ1) is 24.2. The summed E-state index contributed by atoms with van der Waals surface area (Å²) in [6, 6.07) is 14.7. The van der Waals surface area contributed by atoms with Crippen molar-refractivity contribution in [2.75, 3.05) is 0 Å². The van der Waals surface area contributed by atoms with Gasteiger partial charge in [0.2, 0.25) is 0 Å². The van der Waals surface area contributed by atoms with Crippen molar-refractivity contribution in [1.82, 2.24) is 0 Å². The number of hydrogen-bond acceptors (Lipinski definition) is 0. The molecular formula is C30H42SiZr. The molecule has 2 atom stereocenters. The molecule has 2 aliphatic carbocycles. The van der Waals surface area contributed by atoms with Gasteiger partial charge in [-0.1, -0.05) is 0 Å². The first-order valence-electron chi connectivity index (χ1n) is 12.2. The van der Waals surface area contributed by atoms with E-state index in [1.807, 2.05) is 0 Å². The zero-order valence-electron chi connectivity index (χ0n) is 22.0. The Morgan fingerprint density at radius 2 is 1.00 bits per heavy atom. The molecule has 0 amide bonds. The van der Waals surface area contributed by atoms with Crippen LogP contribution in [0.3, 0.4) is 0 Å². The van der Waals surface area contributed by atoms with Crippen molar-refractivity contribution in [2.24, 2.45) is 0 Å². The summed E-state index contributed by atoms with van der Waals surface area (Å²) < 4.78 is 6.67. The minimum absolute atomic E-state index is 0.188. The summed E-state index contributed by atoms with van der Waals surface area (Å²) in [5.41, 5.74) is 12.6. The van der Waals surface area contributed by atoms with Crippen LogP contribution in [0.1, 0.15) is 96.0 Å². The van der Waals surface area contributed by atoms with Gasteiger partial charge in [0.1, 0.15) is 0 Å². The molecule has 2 aromatic rings. The third-order valence-corrected chi connectivity index (χ3v) is 26.0. The van der Waals surface area contributed by atoms with Crippen molar-refractivity contribution in [1.29, 1.82) is 0 Å². The van der Waals surface area contributed by atoms with Crippen LogP contribution in [0, 0.1) is 0 Å². The summed E-state index contributed by atoms with van der Waals surface area (Å²) in [5.74, 6) is 0. The van der Waals surface area contributed by atoms with Crippen molar-refractivity contribution >= 4 is 19.0 Å². The van der Waals surface area contributed by atoms with E-state index in [4.69, 9.17) is 0 Å². The van der Waals surface area contributed by atoms with E-state index in [0.717, 1.165) is 0 Å². The van der Waals surface area contributed by atoms with Gasteiger partial charge in [-0.05, 0) is 0 Å². The molecular weight excluding hydrogens is 480 g/mol. The Hall–Kier alpha value is -0.980. The monoisotopic (exact) mass is 520 g/mol. The second-order valence-corrected chi connectivity index (χ2v) is 44.2. The SMILES string of the molecule is CC1=Cc2cc(C(C)(C)C)ccc2[CH]1[Zr]([CH3])([CH3])(=[SiH2])[CH]1C(C)=Cc2cc(C(C)(C)C)ccc21. The molecule has 2 unspecified atom stereocenters. The summed E-state index contributed by atoms with van der Waals surface area (Å²) in [6.07, 6.45) is 5.00. The quantitative estimate of drug-likeness (QED) is 0.349. The van der Waals surface area contributed by atoms with Crippen LogP contribution in [-0.2, 0) is 28.2 Å². The average Bonchev–Trinajstić information content (AvgIpc) is 3.14. The normalized spacial score (nSPS) is 21.2. The number of allylic oxidation sites excluding steroid dienone is 2. The van der Waals surface area contributed by atoms with E-state index >= 15 is 0 Å². The van der Waals surface area contributed by atoms with Gasteiger partial charge in [0.15, 0.2) is 0 Å². The third kappa shape index (κ3) is 3.84. The zero-order valence-corrected chi connectivity index (χ0v) is 25.9. The van der Waals surface area contributed by atoms with Crippen LogP contribution in [-0.4, -0.2) is 6.88 Å². The molecule has 170 valence electrons. The Balaban J connectivity index is 1.84. The van der Waals surface area contributed by atoms with Crippen LogP contribution in [0.25, 0.3) is 12.2 Å². The Morgan fingerprint density at radius 1 is 0.656 bits per heavy atom. The van der Waals surface area contributed by atoms with Gasteiger partial charge < -0.3 is 0 Å². The second-order valence-electron chi connectivity index (χ2n) is 13.8. The molecule has 0 N–H and O–H groups in total. The van der Waals surface area contributed by atoms with E-state index in [9.17, 15) is 0 Å². The van der Waals surface area contributed by atoms with Crippen LogP contribution >= 0.6 is 0 Å². The molecule has 0 aliphatic heterocycles. The number of benzene rings is 2. The predicted octanol–water partition coefficient (Wildman–Crippen LogP) is 8.23. The van der Waals surface area contributed by atoms with E-state index in [1.165, 1.54) is 22.3 Å². The van der Waals surface area contributed by atoms with Crippen LogP contribution < -0.4 is 0 Å². The Morgan fingerprint density at radius 3 is 1.31 bits per heavy atom. The van der Waals surface area contributed by atoms with E-state index in [2.05, 4.69) is 120 Å².